The number of piperidine rings is 1. The summed E-state index contributed by atoms with van der Waals surface area (Å²) in [6.07, 6.45) is 3.54. The summed E-state index contributed by atoms with van der Waals surface area (Å²) in [7, 11) is 7.35. The zero-order chi connectivity index (χ0) is 17.7. The molecule has 1 atom stereocenters. The Kier molecular flexibility index (Phi) is 9.91. The molecule has 26 heavy (non-hydrogen) atoms. The molecule has 1 aromatic heterocycles. The number of aromatic nitrogens is 1. The van der Waals surface area contributed by atoms with Gasteiger partial charge in [-0.1, -0.05) is 0 Å². The van der Waals surface area contributed by atoms with Crippen LogP contribution in [0.25, 0.3) is 0 Å². The van der Waals surface area contributed by atoms with Crippen LogP contribution in [0.3, 0.4) is 0 Å². The molecule has 2 heterocycles. The lowest BCUT2D eigenvalue weighted by Gasteiger charge is -2.34. The van der Waals surface area contributed by atoms with Crippen molar-refractivity contribution in [3.63, 3.8) is 0 Å². The highest BCUT2D eigenvalue weighted by atomic mass is 35.5. The molecule has 1 saturated heterocycles. The molecule has 148 valence electrons. The standard InChI is InChI=1S/C17H26N4O3.2ClH/c1-21(2,3)12-16(22)19-14-6-5-9-20(11-14)15-10-13(7-8-18-15)17(23)24-4;;/h7-8,10,14H,5-6,9,11-12H2,1-4H3;2*1H. The number of likely N-dealkylation sites (N-methyl/N-ethyl adjacent to an activating group) is 1. The van der Waals surface area contributed by atoms with Crippen molar-refractivity contribution in [2.45, 2.75) is 18.9 Å². The number of esters is 1. The van der Waals surface area contributed by atoms with Crippen molar-refractivity contribution in [1.82, 2.24) is 10.3 Å². The summed E-state index contributed by atoms with van der Waals surface area (Å²) < 4.78 is 5.36. The maximum Gasteiger partial charge on any atom is 0.338 e. The van der Waals surface area contributed by atoms with E-state index in [0.717, 1.165) is 25.2 Å². The number of carbonyl (C=O) groups is 2. The topological polar surface area (TPSA) is 71.5 Å². The first-order chi connectivity index (χ1) is 11.3. The summed E-state index contributed by atoms with van der Waals surface area (Å²) in [5.41, 5.74) is 0.485. The molecule has 0 aromatic carbocycles. The van der Waals surface area contributed by atoms with Gasteiger partial charge in [0, 0.05) is 25.3 Å². The van der Waals surface area contributed by atoms with Gasteiger partial charge >= 0.3 is 5.97 Å². The molecule has 7 nitrogen and oxygen atoms in total. The molecule has 0 aliphatic carbocycles. The first-order valence-corrected chi connectivity index (χ1v) is 8.17. The van der Waals surface area contributed by atoms with Crippen LogP contribution in [-0.4, -0.2) is 75.3 Å². The van der Waals surface area contributed by atoms with Gasteiger partial charge in [0.1, 0.15) is 5.82 Å². The molecule has 0 saturated carbocycles. The van der Waals surface area contributed by atoms with Crippen molar-refractivity contribution < 1.29 is 31.2 Å². The number of hydrogen-bond donors (Lipinski definition) is 1. The average Bonchev–Trinajstić information content (AvgIpc) is 2.52. The number of hydrogen-bond acceptors (Lipinski definition) is 5. The zero-order valence-corrected chi connectivity index (χ0v) is 17.3. The second-order valence-corrected chi connectivity index (χ2v) is 7.20. The van der Waals surface area contributed by atoms with Gasteiger partial charge in [0.05, 0.1) is 33.8 Å². The third-order valence-corrected chi connectivity index (χ3v) is 3.90. The van der Waals surface area contributed by atoms with Crippen molar-refractivity contribution in [3.8, 4) is 0 Å². The van der Waals surface area contributed by atoms with E-state index in [1.54, 1.807) is 18.3 Å². The molecule has 0 bridgehead atoms. The maximum atomic E-state index is 12.1. The fraction of sp³-hybridized carbons (Fsp3) is 0.588. The van der Waals surface area contributed by atoms with Gasteiger partial charge in [-0.05, 0) is 25.0 Å². The van der Waals surface area contributed by atoms with Gasteiger partial charge in [-0.15, -0.1) is 12.4 Å². The number of quaternary nitrogens is 1. The summed E-state index contributed by atoms with van der Waals surface area (Å²) in [5.74, 6) is 0.428. The lowest BCUT2D eigenvalue weighted by atomic mass is 10.1. The van der Waals surface area contributed by atoms with Crippen LogP contribution in [0.2, 0.25) is 0 Å². The highest BCUT2D eigenvalue weighted by Gasteiger charge is 2.24. The van der Waals surface area contributed by atoms with E-state index in [0.29, 0.717) is 23.1 Å². The van der Waals surface area contributed by atoms with Crippen LogP contribution in [0.1, 0.15) is 23.2 Å². The maximum absolute atomic E-state index is 12.1. The van der Waals surface area contributed by atoms with Crippen LogP contribution in [0, 0.1) is 0 Å². The normalized spacial score (nSPS) is 16.8. The number of nitrogens with one attached hydrogen (secondary N) is 1. The molecular formula is C17H28Cl2N4O3. The van der Waals surface area contributed by atoms with Gasteiger partial charge in [-0.25, -0.2) is 9.78 Å². The van der Waals surface area contributed by atoms with E-state index in [1.165, 1.54) is 7.11 Å². The molecule has 0 spiro atoms. The third-order valence-electron chi connectivity index (χ3n) is 3.90. The van der Waals surface area contributed by atoms with Gasteiger partial charge in [0.2, 0.25) is 0 Å². The van der Waals surface area contributed by atoms with Gasteiger partial charge in [0.15, 0.2) is 6.54 Å². The second kappa shape index (κ2) is 10.5. The molecule has 1 fully saturated rings. The molecule has 1 unspecified atom stereocenters. The SMILES string of the molecule is COC(=O)c1ccnc(N2CCCC(NC(=O)C[N+](C)(C)C)C2)c1.Cl.[Cl-]. The molecule has 1 amide bonds. The summed E-state index contributed by atoms with van der Waals surface area (Å²) in [6, 6.07) is 3.48. The summed E-state index contributed by atoms with van der Waals surface area (Å²) in [5, 5.41) is 3.11. The van der Waals surface area contributed by atoms with E-state index in [1.807, 2.05) is 21.1 Å². The van der Waals surface area contributed by atoms with Crippen LogP contribution in [0.15, 0.2) is 18.3 Å². The van der Waals surface area contributed by atoms with Gasteiger partial charge < -0.3 is 31.8 Å². The van der Waals surface area contributed by atoms with Crippen molar-refractivity contribution in [2.75, 3.05) is 52.8 Å². The number of nitrogens with zero attached hydrogens (tertiary/aromatic N) is 3. The fourth-order valence-electron chi connectivity index (χ4n) is 2.84. The Balaban J connectivity index is 0.00000312. The number of ether oxygens (including phenoxy) is 1. The predicted octanol–water partition coefficient (Wildman–Crippen LogP) is -1.91. The molecule has 0 radical (unpaired) electrons. The minimum Gasteiger partial charge on any atom is -1.00 e. The first-order valence-electron chi connectivity index (χ1n) is 8.17. The Morgan fingerprint density at radius 2 is 2.08 bits per heavy atom. The number of pyridine rings is 1. The molecule has 1 aliphatic rings. The summed E-state index contributed by atoms with van der Waals surface area (Å²) in [4.78, 5) is 30.3. The van der Waals surface area contributed by atoms with E-state index in [9.17, 15) is 9.59 Å². The summed E-state index contributed by atoms with van der Waals surface area (Å²) in [6.45, 7) is 2.01. The number of anilines is 1. The fourth-order valence-corrected chi connectivity index (χ4v) is 2.84. The largest absolute Gasteiger partial charge is 1.00 e. The number of methoxy groups -OCH3 is 1. The predicted molar refractivity (Wildman–Crippen MR) is 99.1 cm³/mol. The van der Waals surface area contributed by atoms with Crippen molar-refractivity contribution >= 4 is 30.1 Å². The van der Waals surface area contributed by atoms with Crippen molar-refractivity contribution in [3.05, 3.63) is 23.9 Å². The number of amides is 1. The van der Waals surface area contributed by atoms with E-state index in [-0.39, 0.29) is 42.7 Å². The van der Waals surface area contributed by atoms with E-state index in [2.05, 4.69) is 15.2 Å². The number of rotatable bonds is 5. The van der Waals surface area contributed by atoms with E-state index in [4.69, 9.17) is 4.74 Å². The number of carbonyl (C=O) groups excluding carboxylic acids is 2. The Bertz CT molecular complexity index is 608. The number of halogens is 2. The molecule has 1 aromatic rings. The summed E-state index contributed by atoms with van der Waals surface area (Å²) >= 11 is 0. The molecule has 9 heteroatoms. The van der Waals surface area contributed by atoms with E-state index >= 15 is 0 Å². The van der Waals surface area contributed by atoms with Gasteiger partial charge in [0.25, 0.3) is 5.91 Å². The quantitative estimate of drug-likeness (QED) is 0.456. The molecule has 1 aliphatic heterocycles. The average molecular weight is 407 g/mol. The Labute approximate surface area is 167 Å². The Morgan fingerprint density at radius 3 is 2.69 bits per heavy atom. The Hall–Kier alpha value is -1.57. The van der Waals surface area contributed by atoms with Crippen molar-refractivity contribution in [1.29, 1.82) is 0 Å². The van der Waals surface area contributed by atoms with Crippen LogP contribution in [0.4, 0.5) is 5.82 Å². The van der Waals surface area contributed by atoms with Crippen molar-refractivity contribution in [2.24, 2.45) is 0 Å². The highest BCUT2D eigenvalue weighted by molar-refractivity contribution is 5.90. The minimum atomic E-state index is -0.372. The zero-order valence-electron chi connectivity index (χ0n) is 15.7. The van der Waals surface area contributed by atoms with Gasteiger partial charge in [-0.3, -0.25) is 4.79 Å². The first kappa shape index (κ1) is 24.4. The molecule has 2 rings (SSSR count). The second-order valence-electron chi connectivity index (χ2n) is 7.20. The molecular weight excluding hydrogens is 379 g/mol. The third kappa shape index (κ3) is 7.35. The lowest BCUT2D eigenvalue weighted by Crippen LogP contribution is -3.00. The smallest absolute Gasteiger partial charge is 0.338 e. The van der Waals surface area contributed by atoms with Crippen LogP contribution < -0.4 is 22.6 Å². The van der Waals surface area contributed by atoms with Crippen LogP contribution in [-0.2, 0) is 9.53 Å². The monoisotopic (exact) mass is 406 g/mol. The lowest BCUT2D eigenvalue weighted by molar-refractivity contribution is -0.862. The van der Waals surface area contributed by atoms with Crippen LogP contribution in [0.5, 0.6) is 0 Å². The minimum absolute atomic E-state index is 0. The molecule has 1 N–H and O–H groups in total. The Morgan fingerprint density at radius 1 is 1.38 bits per heavy atom. The van der Waals surface area contributed by atoms with Crippen LogP contribution >= 0.6 is 12.4 Å². The van der Waals surface area contributed by atoms with Gasteiger partial charge in [-0.2, -0.15) is 0 Å². The highest BCUT2D eigenvalue weighted by Crippen LogP contribution is 2.19. The van der Waals surface area contributed by atoms with E-state index < -0.39 is 0 Å².